The number of carbonyl (C=O) groups excluding carboxylic acids is 1. The molecule has 0 atom stereocenters. The first-order valence-electron chi connectivity index (χ1n) is 9.09. The highest BCUT2D eigenvalue weighted by molar-refractivity contribution is 5.67. The third kappa shape index (κ3) is 4.59. The van der Waals surface area contributed by atoms with Gasteiger partial charge in [0.1, 0.15) is 5.82 Å². The summed E-state index contributed by atoms with van der Waals surface area (Å²) in [6.45, 7) is 4.88. The number of nitrogens with zero attached hydrogens (tertiary/aromatic N) is 4. The highest BCUT2D eigenvalue weighted by Gasteiger charge is 2.27. The summed E-state index contributed by atoms with van der Waals surface area (Å²) < 4.78 is 7.51. The van der Waals surface area contributed by atoms with Crippen molar-refractivity contribution in [3.8, 4) is 0 Å². The summed E-state index contributed by atoms with van der Waals surface area (Å²) in [5.74, 6) is 1.49. The Kier molecular flexibility index (Phi) is 6.04. The molecule has 6 nitrogen and oxygen atoms in total. The molecule has 0 saturated carbocycles. The van der Waals surface area contributed by atoms with Crippen LogP contribution in [0.4, 0.5) is 4.79 Å². The number of ether oxygens (including phenoxy) is 1. The molecule has 6 heteroatoms. The van der Waals surface area contributed by atoms with Crippen molar-refractivity contribution in [2.45, 2.75) is 45.1 Å². The molecule has 3 heterocycles. The third-order valence-corrected chi connectivity index (χ3v) is 4.69. The van der Waals surface area contributed by atoms with Gasteiger partial charge in [-0.1, -0.05) is 13.3 Å². The first-order valence-corrected chi connectivity index (χ1v) is 9.09. The molecule has 3 rings (SSSR count). The summed E-state index contributed by atoms with van der Waals surface area (Å²) in [5.41, 5.74) is 1.21. The fourth-order valence-electron chi connectivity index (χ4n) is 3.21. The average molecular weight is 342 g/mol. The van der Waals surface area contributed by atoms with Gasteiger partial charge in [0.25, 0.3) is 0 Å². The van der Waals surface area contributed by atoms with Crippen molar-refractivity contribution in [2.75, 3.05) is 19.7 Å². The van der Waals surface area contributed by atoms with Crippen LogP contribution in [0.5, 0.6) is 0 Å². The van der Waals surface area contributed by atoms with E-state index in [0.717, 1.165) is 51.1 Å². The number of piperidine rings is 1. The lowest BCUT2D eigenvalue weighted by molar-refractivity contribution is 0.0910. The number of likely N-dealkylation sites (tertiary alicyclic amines) is 1. The summed E-state index contributed by atoms with van der Waals surface area (Å²) in [6.07, 6.45) is 11.2. The Morgan fingerprint density at radius 3 is 2.72 bits per heavy atom. The van der Waals surface area contributed by atoms with E-state index < -0.39 is 0 Å². The van der Waals surface area contributed by atoms with Gasteiger partial charge in [-0.25, -0.2) is 9.78 Å². The predicted molar refractivity (Wildman–Crippen MR) is 95.4 cm³/mol. The molecular formula is C19H26N4O2. The van der Waals surface area contributed by atoms with Crippen molar-refractivity contribution in [3.63, 3.8) is 0 Å². The number of unbranched alkanes of at least 4 members (excludes halogenated alkanes) is 1. The zero-order valence-corrected chi connectivity index (χ0v) is 14.8. The van der Waals surface area contributed by atoms with E-state index in [1.807, 2.05) is 41.8 Å². The maximum absolute atomic E-state index is 12.1. The van der Waals surface area contributed by atoms with Crippen LogP contribution in [0.1, 0.15) is 49.9 Å². The Hall–Kier alpha value is -2.37. The number of carbonyl (C=O) groups is 1. The minimum absolute atomic E-state index is 0.174. The van der Waals surface area contributed by atoms with E-state index in [1.165, 1.54) is 5.56 Å². The van der Waals surface area contributed by atoms with Crippen molar-refractivity contribution in [2.24, 2.45) is 0 Å². The summed E-state index contributed by atoms with van der Waals surface area (Å²) >= 11 is 0. The average Bonchev–Trinajstić information content (AvgIpc) is 3.11. The largest absolute Gasteiger partial charge is 0.449 e. The van der Waals surface area contributed by atoms with Gasteiger partial charge in [0.05, 0.1) is 6.61 Å². The second-order valence-electron chi connectivity index (χ2n) is 6.50. The summed E-state index contributed by atoms with van der Waals surface area (Å²) in [4.78, 5) is 22.5. The van der Waals surface area contributed by atoms with Gasteiger partial charge in [-0.15, -0.1) is 0 Å². The molecule has 1 aliphatic heterocycles. The van der Waals surface area contributed by atoms with E-state index in [2.05, 4.69) is 21.5 Å². The lowest BCUT2D eigenvalue weighted by Gasteiger charge is -2.31. The van der Waals surface area contributed by atoms with Crippen LogP contribution in [-0.2, 0) is 11.3 Å². The summed E-state index contributed by atoms with van der Waals surface area (Å²) in [6, 6.07) is 4.05. The fraction of sp³-hybridized carbons (Fsp3) is 0.526. The van der Waals surface area contributed by atoms with Crippen LogP contribution < -0.4 is 0 Å². The van der Waals surface area contributed by atoms with Gasteiger partial charge >= 0.3 is 6.09 Å². The Morgan fingerprint density at radius 2 is 2.00 bits per heavy atom. The minimum atomic E-state index is -0.174. The van der Waals surface area contributed by atoms with E-state index in [0.29, 0.717) is 12.5 Å². The number of amides is 1. The van der Waals surface area contributed by atoms with Crippen LogP contribution in [0.15, 0.2) is 36.9 Å². The molecule has 1 saturated heterocycles. The van der Waals surface area contributed by atoms with Gasteiger partial charge < -0.3 is 14.2 Å². The maximum atomic E-state index is 12.1. The van der Waals surface area contributed by atoms with E-state index in [9.17, 15) is 4.79 Å². The second-order valence-corrected chi connectivity index (χ2v) is 6.50. The highest BCUT2D eigenvalue weighted by Crippen LogP contribution is 2.27. The van der Waals surface area contributed by atoms with E-state index in [1.54, 1.807) is 0 Å². The number of hydrogen-bond donors (Lipinski definition) is 0. The standard InChI is InChI=1S/C19H26N4O2/c1-2-3-14-25-19(24)22-11-6-17(7-12-22)18-21-10-13-23(18)15-16-4-8-20-9-5-16/h4-5,8-10,13,17H,2-3,6-7,11-12,14-15H2,1H3. The van der Waals surface area contributed by atoms with Gasteiger partial charge in [0.2, 0.25) is 0 Å². The zero-order valence-electron chi connectivity index (χ0n) is 14.8. The highest BCUT2D eigenvalue weighted by atomic mass is 16.6. The maximum Gasteiger partial charge on any atom is 0.409 e. The molecule has 1 fully saturated rings. The predicted octanol–water partition coefficient (Wildman–Crippen LogP) is 3.44. The van der Waals surface area contributed by atoms with Crippen LogP contribution in [0.3, 0.4) is 0 Å². The first kappa shape index (κ1) is 17.5. The number of hydrogen-bond acceptors (Lipinski definition) is 4. The third-order valence-electron chi connectivity index (χ3n) is 4.69. The van der Waals surface area contributed by atoms with Crippen molar-refractivity contribution < 1.29 is 9.53 Å². The lowest BCUT2D eigenvalue weighted by atomic mass is 9.96. The van der Waals surface area contributed by atoms with Gasteiger partial charge in [-0.2, -0.15) is 0 Å². The molecule has 25 heavy (non-hydrogen) atoms. The van der Waals surface area contributed by atoms with E-state index in [4.69, 9.17) is 4.74 Å². The zero-order chi connectivity index (χ0) is 17.5. The van der Waals surface area contributed by atoms with Crippen molar-refractivity contribution in [1.29, 1.82) is 0 Å². The summed E-state index contributed by atoms with van der Waals surface area (Å²) in [5, 5.41) is 0. The van der Waals surface area contributed by atoms with E-state index in [-0.39, 0.29) is 6.09 Å². The monoisotopic (exact) mass is 342 g/mol. The molecular weight excluding hydrogens is 316 g/mol. The van der Waals surface area contributed by atoms with Crippen LogP contribution in [-0.4, -0.2) is 45.2 Å². The first-order chi connectivity index (χ1) is 12.3. The van der Waals surface area contributed by atoms with Gasteiger partial charge in [-0.3, -0.25) is 4.98 Å². The Labute approximate surface area is 148 Å². The molecule has 0 N–H and O–H groups in total. The van der Waals surface area contributed by atoms with Crippen LogP contribution in [0.25, 0.3) is 0 Å². The Morgan fingerprint density at radius 1 is 1.24 bits per heavy atom. The molecule has 0 radical (unpaired) electrons. The number of pyridine rings is 1. The van der Waals surface area contributed by atoms with Crippen molar-refractivity contribution in [3.05, 3.63) is 48.3 Å². The molecule has 0 bridgehead atoms. The SMILES string of the molecule is CCCCOC(=O)N1CCC(c2nccn2Cc2ccncc2)CC1. The molecule has 0 aliphatic carbocycles. The molecule has 2 aromatic rings. The van der Waals surface area contributed by atoms with Gasteiger partial charge in [-0.05, 0) is 37.0 Å². The molecule has 2 aromatic heterocycles. The Balaban J connectivity index is 1.55. The Bertz CT molecular complexity index is 663. The second kappa shape index (κ2) is 8.65. The molecule has 0 spiro atoms. The molecule has 1 aliphatic rings. The van der Waals surface area contributed by atoms with Gasteiger partial charge in [0, 0.05) is 50.3 Å². The van der Waals surface area contributed by atoms with Crippen LogP contribution in [0.2, 0.25) is 0 Å². The number of imidazole rings is 1. The van der Waals surface area contributed by atoms with Crippen molar-refractivity contribution in [1.82, 2.24) is 19.4 Å². The smallest absolute Gasteiger partial charge is 0.409 e. The topological polar surface area (TPSA) is 60.2 Å². The lowest BCUT2D eigenvalue weighted by Crippen LogP contribution is -2.38. The number of aromatic nitrogens is 3. The number of rotatable bonds is 6. The molecule has 1 amide bonds. The molecule has 134 valence electrons. The minimum Gasteiger partial charge on any atom is -0.449 e. The van der Waals surface area contributed by atoms with Crippen molar-refractivity contribution >= 4 is 6.09 Å². The van der Waals surface area contributed by atoms with Crippen LogP contribution >= 0.6 is 0 Å². The van der Waals surface area contributed by atoms with E-state index >= 15 is 0 Å². The molecule has 0 unspecified atom stereocenters. The normalized spacial score (nSPS) is 15.3. The fourth-order valence-corrected chi connectivity index (χ4v) is 3.21. The van der Waals surface area contributed by atoms with Gasteiger partial charge in [0.15, 0.2) is 0 Å². The quantitative estimate of drug-likeness (QED) is 0.755. The summed E-state index contributed by atoms with van der Waals surface area (Å²) in [7, 11) is 0. The molecule has 0 aromatic carbocycles. The van der Waals surface area contributed by atoms with Crippen LogP contribution in [0, 0.1) is 0 Å².